The van der Waals surface area contributed by atoms with Crippen LogP contribution in [0.3, 0.4) is 0 Å². The van der Waals surface area contributed by atoms with Crippen molar-refractivity contribution in [3.8, 4) is 0 Å². The highest BCUT2D eigenvalue weighted by Gasteiger charge is 2.45. The van der Waals surface area contributed by atoms with Crippen LogP contribution in [0, 0.1) is 6.92 Å². The maximum absolute atomic E-state index is 13.4. The van der Waals surface area contributed by atoms with Crippen molar-refractivity contribution in [2.24, 2.45) is 0 Å². The van der Waals surface area contributed by atoms with Crippen LogP contribution in [0.25, 0.3) is 16.7 Å². The van der Waals surface area contributed by atoms with E-state index in [0.29, 0.717) is 29.9 Å². The molecule has 0 radical (unpaired) electrons. The lowest BCUT2D eigenvalue weighted by Gasteiger charge is -2.30. The molecule has 6 rings (SSSR count). The minimum absolute atomic E-state index is 0.135. The molecule has 4 heterocycles. The number of aryl methyl sites for hydroxylation is 1. The van der Waals surface area contributed by atoms with Crippen molar-refractivity contribution in [2.75, 3.05) is 0 Å². The molecule has 156 valence electrons. The van der Waals surface area contributed by atoms with Crippen LogP contribution in [-0.2, 0) is 0 Å². The Morgan fingerprint density at radius 3 is 2.87 bits per heavy atom. The van der Waals surface area contributed by atoms with Crippen molar-refractivity contribution < 1.29 is 18.0 Å². The molecule has 4 aromatic rings. The highest BCUT2D eigenvalue weighted by atomic mass is 19.3. The van der Waals surface area contributed by atoms with Gasteiger partial charge >= 0.3 is 0 Å². The maximum Gasteiger partial charge on any atom is 0.294 e. The first-order chi connectivity index (χ1) is 15.0. The second-order valence-electron chi connectivity index (χ2n) is 8.01. The van der Waals surface area contributed by atoms with Gasteiger partial charge in [-0.15, -0.1) is 0 Å². The number of rotatable bonds is 3. The van der Waals surface area contributed by atoms with Gasteiger partial charge in [0.25, 0.3) is 18.1 Å². The molecule has 2 aliphatic rings. The van der Waals surface area contributed by atoms with E-state index >= 15 is 0 Å². The number of carbonyl (C=O) groups is 1. The van der Waals surface area contributed by atoms with E-state index in [1.54, 1.807) is 4.90 Å². The summed E-state index contributed by atoms with van der Waals surface area (Å²) in [6.45, 7) is 1.87. The molecule has 31 heavy (non-hydrogen) atoms. The van der Waals surface area contributed by atoms with Crippen LogP contribution in [0.1, 0.15) is 52.7 Å². The quantitative estimate of drug-likeness (QED) is 0.490. The van der Waals surface area contributed by atoms with Crippen LogP contribution in [0.15, 0.2) is 52.8 Å². The number of para-hydroxylation sites is 1. The van der Waals surface area contributed by atoms with Crippen molar-refractivity contribution in [3.63, 3.8) is 0 Å². The summed E-state index contributed by atoms with van der Waals surface area (Å²) in [5.41, 5.74) is 2.81. The molecule has 0 spiro atoms. The van der Waals surface area contributed by atoms with E-state index < -0.39 is 6.43 Å². The van der Waals surface area contributed by atoms with Gasteiger partial charge in [-0.1, -0.05) is 23.8 Å². The summed E-state index contributed by atoms with van der Waals surface area (Å²) in [4.78, 5) is 23.0. The Morgan fingerprint density at radius 2 is 2.10 bits per heavy atom. The SMILES string of the molecule is Cc1c(C(=O)N2C=C3C[C@H](c4cc(C(F)F)nc5ncnn45)[C@@H]2C3)oc2ccccc12. The molecule has 0 saturated heterocycles. The average molecular weight is 421 g/mol. The maximum atomic E-state index is 13.4. The molecule has 7 nitrogen and oxygen atoms in total. The van der Waals surface area contributed by atoms with E-state index in [-0.39, 0.29) is 29.3 Å². The molecule has 1 aliphatic heterocycles. The number of hydrogen-bond donors (Lipinski definition) is 0. The number of amides is 1. The molecule has 0 unspecified atom stereocenters. The summed E-state index contributed by atoms with van der Waals surface area (Å²) in [7, 11) is 0. The molecule has 3 aromatic heterocycles. The molecular formula is C22H17F2N5O2. The third-order valence-electron chi connectivity index (χ3n) is 6.27. The molecule has 1 amide bonds. The van der Waals surface area contributed by atoms with E-state index in [0.717, 1.165) is 16.5 Å². The van der Waals surface area contributed by atoms with E-state index in [9.17, 15) is 13.6 Å². The monoisotopic (exact) mass is 421 g/mol. The summed E-state index contributed by atoms with van der Waals surface area (Å²) in [6, 6.07) is 8.71. The minimum atomic E-state index is -2.71. The first kappa shape index (κ1) is 18.2. The largest absolute Gasteiger partial charge is 0.451 e. The summed E-state index contributed by atoms with van der Waals surface area (Å²) in [6.07, 6.45) is 1.82. The van der Waals surface area contributed by atoms with Gasteiger partial charge in [0, 0.05) is 29.1 Å². The summed E-state index contributed by atoms with van der Waals surface area (Å²) < 4.78 is 34.2. The van der Waals surface area contributed by atoms with Crippen molar-refractivity contribution >= 4 is 22.7 Å². The summed E-state index contributed by atoms with van der Waals surface area (Å²) in [5, 5.41) is 5.08. The zero-order valence-corrected chi connectivity index (χ0v) is 16.5. The fourth-order valence-corrected chi connectivity index (χ4v) is 4.84. The predicted octanol–water partition coefficient (Wildman–Crippen LogP) is 4.40. The van der Waals surface area contributed by atoms with E-state index in [2.05, 4.69) is 15.1 Å². The molecule has 1 saturated carbocycles. The first-order valence-electron chi connectivity index (χ1n) is 10.0. The average Bonchev–Trinajstić information content (AvgIpc) is 3.55. The van der Waals surface area contributed by atoms with E-state index in [1.807, 2.05) is 37.4 Å². The Balaban J connectivity index is 1.40. The number of furan rings is 1. The number of aromatic nitrogens is 4. The Bertz CT molecular complexity index is 1390. The highest BCUT2D eigenvalue weighted by molar-refractivity contribution is 5.99. The standard InChI is InChI=1S/C22H17F2N5O2/c1-11-13-4-2-3-5-18(13)31-19(11)21(30)28-9-12-6-14(16(28)7-12)17-8-15(20(23)24)27-22-25-10-26-29(17)22/h2-5,8-10,14,16,20H,6-7H2,1H3/t14-,16-/m0/s1. The van der Waals surface area contributed by atoms with Crippen LogP contribution in [0.5, 0.6) is 0 Å². The van der Waals surface area contributed by atoms with Crippen molar-refractivity contribution in [2.45, 2.75) is 38.2 Å². The molecule has 1 fully saturated rings. The molecule has 1 aliphatic carbocycles. The smallest absolute Gasteiger partial charge is 0.294 e. The zero-order chi connectivity index (χ0) is 21.3. The fraction of sp³-hybridized carbons (Fsp3) is 0.273. The van der Waals surface area contributed by atoms with Gasteiger partial charge in [-0.2, -0.15) is 10.1 Å². The predicted molar refractivity (Wildman–Crippen MR) is 107 cm³/mol. The molecule has 2 atom stereocenters. The molecule has 2 bridgehead atoms. The van der Waals surface area contributed by atoms with Gasteiger partial charge in [0.1, 0.15) is 17.6 Å². The number of nitrogens with zero attached hydrogens (tertiary/aromatic N) is 5. The normalized spacial score (nSPS) is 20.4. The molecule has 0 N–H and O–H groups in total. The van der Waals surface area contributed by atoms with Crippen molar-refractivity contribution in [3.05, 3.63) is 71.1 Å². The van der Waals surface area contributed by atoms with Crippen LogP contribution >= 0.6 is 0 Å². The molecular weight excluding hydrogens is 404 g/mol. The van der Waals surface area contributed by atoms with Crippen LogP contribution in [0.4, 0.5) is 8.78 Å². The lowest BCUT2D eigenvalue weighted by Crippen LogP contribution is -2.37. The van der Waals surface area contributed by atoms with Gasteiger partial charge < -0.3 is 9.32 Å². The van der Waals surface area contributed by atoms with Crippen molar-refractivity contribution in [1.82, 2.24) is 24.5 Å². The number of alkyl halides is 2. The fourth-order valence-electron chi connectivity index (χ4n) is 4.84. The highest BCUT2D eigenvalue weighted by Crippen LogP contribution is 2.47. The van der Waals surface area contributed by atoms with Gasteiger partial charge in [-0.05, 0) is 31.9 Å². The Morgan fingerprint density at radius 1 is 1.26 bits per heavy atom. The summed E-state index contributed by atoms with van der Waals surface area (Å²) >= 11 is 0. The van der Waals surface area contributed by atoms with Gasteiger partial charge in [-0.3, -0.25) is 4.79 Å². The van der Waals surface area contributed by atoms with Gasteiger partial charge in [0.15, 0.2) is 5.76 Å². The number of hydrogen-bond acceptors (Lipinski definition) is 5. The lowest BCUT2D eigenvalue weighted by molar-refractivity contribution is 0.0736. The number of fused-ring (bicyclic) bond motifs is 4. The second-order valence-corrected chi connectivity index (χ2v) is 8.01. The number of carbonyl (C=O) groups excluding carboxylic acids is 1. The number of benzene rings is 1. The topological polar surface area (TPSA) is 76.5 Å². The minimum Gasteiger partial charge on any atom is -0.451 e. The van der Waals surface area contributed by atoms with Crippen molar-refractivity contribution in [1.29, 1.82) is 0 Å². The molecule has 9 heteroatoms. The van der Waals surface area contributed by atoms with E-state index in [1.165, 1.54) is 16.9 Å². The first-order valence-corrected chi connectivity index (χ1v) is 10.0. The second kappa shape index (κ2) is 6.44. The third kappa shape index (κ3) is 2.62. The Hall–Kier alpha value is -3.62. The van der Waals surface area contributed by atoms with Crippen LogP contribution < -0.4 is 0 Å². The lowest BCUT2D eigenvalue weighted by atomic mass is 9.95. The third-order valence-corrected chi connectivity index (χ3v) is 6.27. The zero-order valence-electron chi connectivity index (χ0n) is 16.5. The van der Waals surface area contributed by atoms with E-state index in [4.69, 9.17) is 4.42 Å². The Labute approximate surface area is 175 Å². The van der Waals surface area contributed by atoms with Gasteiger partial charge in [0.05, 0.1) is 5.69 Å². The van der Waals surface area contributed by atoms with Gasteiger partial charge in [0.2, 0.25) is 0 Å². The van der Waals surface area contributed by atoms with Crippen LogP contribution in [-0.4, -0.2) is 36.4 Å². The Kier molecular flexibility index (Phi) is 3.77. The number of halogens is 2. The van der Waals surface area contributed by atoms with Gasteiger partial charge in [-0.25, -0.2) is 18.3 Å². The van der Waals surface area contributed by atoms with Crippen LogP contribution in [0.2, 0.25) is 0 Å². The summed E-state index contributed by atoms with van der Waals surface area (Å²) in [5.74, 6) is 0.0310. The molecule has 1 aromatic carbocycles.